The average Bonchev–Trinajstić information content (AvgIpc) is 2.85. The molecule has 6 heteroatoms. The lowest BCUT2D eigenvalue weighted by Gasteiger charge is -2.15. The van der Waals surface area contributed by atoms with E-state index >= 15 is 0 Å². The zero-order chi connectivity index (χ0) is 15.4. The van der Waals surface area contributed by atoms with Crippen molar-refractivity contribution in [2.75, 3.05) is 5.75 Å². The second kappa shape index (κ2) is 6.76. The first-order valence-corrected chi connectivity index (χ1v) is 7.79. The molecule has 0 spiro atoms. The van der Waals surface area contributed by atoms with Crippen LogP contribution in [-0.4, -0.2) is 26.4 Å². The predicted molar refractivity (Wildman–Crippen MR) is 84.2 cm³/mol. The fourth-order valence-corrected chi connectivity index (χ4v) is 2.63. The Morgan fingerprint density at radius 1 is 1.38 bits per heavy atom. The van der Waals surface area contributed by atoms with Gasteiger partial charge in [-0.2, -0.15) is 0 Å². The topological polar surface area (TPSA) is 59.8 Å². The Hall–Kier alpha value is -1.82. The number of carbonyl (C=O) groups is 1. The summed E-state index contributed by atoms with van der Waals surface area (Å²) in [6.07, 6.45) is 1.62. The molecule has 21 heavy (non-hydrogen) atoms. The van der Waals surface area contributed by atoms with Crippen molar-refractivity contribution < 1.29 is 4.79 Å². The molecule has 0 fully saturated rings. The number of hydrogen-bond acceptors (Lipinski definition) is 4. The second-order valence-corrected chi connectivity index (χ2v) is 6.09. The van der Waals surface area contributed by atoms with Crippen LogP contribution in [0.15, 0.2) is 29.7 Å². The van der Waals surface area contributed by atoms with Crippen LogP contribution in [0.4, 0.5) is 0 Å². The largest absolute Gasteiger partial charge is 0.349 e. The van der Waals surface area contributed by atoms with Crippen LogP contribution >= 0.6 is 11.8 Å². The Morgan fingerprint density at radius 3 is 2.76 bits per heavy atom. The molecule has 2 aromatic rings. The summed E-state index contributed by atoms with van der Waals surface area (Å²) in [7, 11) is 1.86. The first-order valence-electron chi connectivity index (χ1n) is 6.80. The molecule has 1 amide bonds. The number of benzene rings is 1. The number of nitrogens with zero attached hydrogens (tertiary/aromatic N) is 3. The van der Waals surface area contributed by atoms with Gasteiger partial charge in [0.25, 0.3) is 0 Å². The normalized spacial score (nSPS) is 12.2. The lowest BCUT2D eigenvalue weighted by atomic mass is 10.0. The van der Waals surface area contributed by atoms with Gasteiger partial charge in [0, 0.05) is 7.05 Å². The summed E-state index contributed by atoms with van der Waals surface area (Å²) in [6.45, 7) is 6.16. The summed E-state index contributed by atoms with van der Waals surface area (Å²) < 4.78 is 1.80. The van der Waals surface area contributed by atoms with Crippen LogP contribution in [0.5, 0.6) is 0 Å². The second-order valence-electron chi connectivity index (χ2n) is 5.15. The van der Waals surface area contributed by atoms with Crippen molar-refractivity contribution in [3.8, 4) is 0 Å². The van der Waals surface area contributed by atoms with Crippen molar-refractivity contribution in [2.24, 2.45) is 7.05 Å². The molecule has 2 rings (SSSR count). The van der Waals surface area contributed by atoms with Crippen LogP contribution in [0.25, 0.3) is 0 Å². The highest BCUT2D eigenvalue weighted by molar-refractivity contribution is 7.99. The zero-order valence-corrected chi connectivity index (χ0v) is 13.6. The van der Waals surface area contributed by atoms with Crippen LogP contribution in [-0.2, 0) is 11.8 Å². The molecule has 112 valence electrons. The van der Waals surface area contributed by atoms with E-state index in [1.54, 1.807) is 10.9 Å². The van der Waals surface area contributed by atoms with Gasteiger partial charge in [0.15, 0.2) is 5.16 Å². The van der Waals surface area contributed by atoms with Crippen molar-refractivity contribution >= 4 is 17.7 Å². The van der Waals surface area contributed by atoms with Gasteiger partial charge in [-0.25, -0.2) is 0 Å². The minimum atomic E-state index is -0.00581. The van der Waals surface area contributed by atoms with E-state index in [2.05, 4.69) is 47.6 Å². The molecule has 1 atom stereocenters. The van der Waals surface area contributed by atoms with E-state index in [1.165, 1.54) is 22.9 Å². The fraction of sp³-hybridized carbons (Fsp3) is 0.400. The number of rotatable bonds is 5. The fourth-order valence-electron chi connectivity index (χ4n) is 1.93. The SMILES string of the molecule is Cc1ccc([C@H](C)NC(=O)CSc2nncn2C)cc1C. The highest BCUT2D eigenvalue weighted by Gasteiger charge is 2.12. The summed E-state index contributed by atoms with van der Waals surface area (Å²) in [6, 6.07) is 6.26. The quantitative estimate of drug-likeness (QED) is 0.862. The Bertz CT molecular complexity index is 638. The van der Waals surface area contributed by atoms with E-state index in [1.807, 2.05) is 14.0 Å². The number of thioether (sulfide) groups is 1. The Balaban J connectivity index is 1.89. The van der Waals surface area contributed by atoms with Gasteiger partial charge >= 0.3 is 0 Å². The molecule has 0 bridgehead atoms. The molecule has 0 aliphatic carbocycles. The Labute approximate surface area is 129 Å². The van der Waals surface area contributed by atoms with Crippen molar-refractivity contribution in [1.82, 2.24) is 20.1 Å². The number of aromatic nitrogens is 3. The highest BCUT2D eigenvalue weighted by atomic mass is 32.2. The molecule has 0 aliphatic heterocycles. The van der Waals surface area contributed by atoms with Crippen molar-refractivity contribution in [3.05, 3.63) is 41.2 Å². The maximum Gasteiger partial charge on any atom is 0.230 e. The molecule has 1 aromatic carbocycles. The van der Waals surface area contributed by atoms with Gasteiger partial charge in [0.05, 0.1) is 11.8 Å². The maximum atomic E-state index is 12.0. The van der Waals surface area contributed by atoms with E-state index in [0.29, 0.717) is 5.75 Å². The van der Waals surface area contributed by atoms with Gasteiger partial charge < -0.3 is 9.88 Å². The van der Waals surface area contributed by atoms with E-state index < -0.39 is 0 Å². The summed E-state index contributed by atoms with van der Waals surface area (Å²) in [5.41, 5.74) is 3.62. The molecule has 0 saturated heterocycles. The highest BCUT2D eigenvalue weighted by Crippen LogP contribution is 2.18. The number of hydrogen-bond donors (Lipinski definition) is 1. The predicted octanol–water partition coefficient (Wildman–Crippen LogP) is 2.40. The van der Waals surface area contributed by atoms with Gasteiger partial charge in [-0.05, 0) is 37.5 Å². The third-order valence-electron chi connectivity index (χ3n) is 3.41. The molecule has 1 aromatic heterocycles. The monoisotopic (exact) mass is 304 g/mol. The van der Waals surface area contributed by atoms with Crippen LogP contribution in [0.2, 0.25) is 0 Å². The van der Waals surface area contributed by atoms with Gasteiger partial charge in [-0.3, -0.25) is 4.79 Å². The molecule has 1 heterocycles. The van der Waals surface area contributed by atoms with Gasteiger partial charge in [-0.15, -0.1) is 10.2 Å². The molecule has 0 aliphatic rings. The molecule has 0 unspecified atom stereocenters. The smallest absolute Gasteiger partial charge is 0.230 e. The van der Waals surface area contributed by atoms with Crippen LogP contribution in [0.3, 0.4) is 0 Å². The third kappa shape index (κ3) is 4.07. The molecule has 0 radical (unpaired) electrons. The number of amides is 1. The van der Waals surface area contributed by atoms with Crippen molar-refractivity contribution in [2.45, 2.75) is 32.0 Å². The van der Waals surface area contributed by atoms with Crippen molar-refractivity contribution in [3.63, 3.8) is 0 Å². The third-order valence-corrected chi connectivity index (χ3v) is 4.45. The van der Waals surface area contributed by atoms with E-state index in [4.69, 9.17) is 0 Å². The summed E-state index contributed by atoms with van der Waals surface area (Å²) in [5, 5.41) is 11.5. The summed E-state index contributed by atoms with van der Waals surface area (Å²) in [4.78, 5) is 12.0. The standard InChI is InChI=1S/C15H20N4OS/c1-10-5-6-13(7-11(10)2)12(3)17-14(20)8-21-15-18-16-9-19(15)4/h5-7,9,12H,8H2,1-4H3,(H,17,20)/t12-/m0/s1. The summed E-state index contributed by atoms with van der Waals surface area (Å²) >= 11 is 1.38. The lowest BCUT2D eigenvalue weighted by molar-refractivity contribution is -0.119. The van der Waals surface area contributed by atoms with Crippen LogP contribution in [0.1, 0.15) is 29.7 Å². The van der Waals surface area contributed by atoms with Gasteiger partial charge in [-0.1, -0.05) is 30.0 Å². The van der Waals surface area contributed by atoms with Crippen molar-refractivity contribution in [1.29, 1.82) is 0 Å². The minimum absolute atomic E-state index is 0.00287. The van der Waals surface area contributed by atoms with E-state index in [0.717, 1.165) is 10.7 Å². The zero-order valence-electron chi connectivity index (χ0n) is 12.8. The van der Waals surface area contributed by atoms with E-state index in [9.17, 15) is 4.79 Å². The molecule has 1 N–H and O–H groups in total. The average molecular weight is 304 g/mol. The molecule has 5 nitrogen and oxygen atoms in total. The number of aryl methyl sites for hydroxylation is 3. The molecule has 0 saturated carbocycles. The number of carbonyl (C=O) groups excluding carboxylic acids is 1. The molecular formula is C15H20N4OS. The maximum absolute atomic E-state index is 12.0. The van der Waals surface area contributed by atoms with E-state index in [-0.39, 0.29) is 11.9 Å². The van der Waals surface area contributed by atoms with Gasteiger partial charge in [0.1, 0.15) is 6.33 Å². The summed E-state index contributed by atoms with van der Waals surface area (Å²) in [5.74, 6) is 0.329. The Morgan fingerprint density at radius 2 is 2.14 bits per heavy atom. The van der Waals surface area contributed by atoms with Gasteiger partial charge in [0.2, 0.25) is 5.91 Å². The first kappa shape index (κ1) is 15.6. The first-order chi connectivity index (χ1) is 9.97. The number of nitrogens with one attached hydrogen (secondary N) is 1. The molecular weight excluding hydrogens is 284 g/mol. The lowest BCUT2D eigenvalue weighted by Crippen LogP contribution is -2.28. The van der Waals surface area contributed by atoms with Crippen LogP contribution in [0, 0.1) is 13.8 Å². The minimum Gasteiger partial charge on any atom is -0.349 e. The Kier molecular flexibility index (Phi) is 5.01. The van der Waals surface area contributed by atoms with Crippen LogP contribution < -0.4 is 5.32 Å².